The molecule has 3 aromatic rings. The lowest BCUT2D eigenvalue weighted by atomic mass is 10.1. The van der Waals surface area contributed by atoms with Crippen molar-refractivity contribution in [2.75, 3.05) is 25.1 Å². The quantitative estimate of drug-likeness (QED) is 0.340. The smallest absolute Gasteiger partial charge is 0.340 e. The van der Waals surface area contributed by atoms with Crippen LogP contribution >= 0.6 is 15.9 Å². The van der Waals surface area contributed by atoms with Gasteiger partial charge in [-0.2, -0.15) is 0 Å². The number of benzene rings is 3. The molecule has 8 heteroatoms. The largest absolute Gasteiger partial charge is 0.481 e. The van der Waals surface area contributed by atoms with Gasteiger partial charge in [-0.15, -0.1) is 0 Å². The van der Waals surface area contributed by atoms with Crippen molar-refractivity contribution in [3.63, 3.8) is 0 Å². The summed E-state index contributed by atoms with van der Waals surface area (Å²) < 4.78 is 38.7. The summed E-state index contributed by atoms with van der Waals surface area (Å²) in [5, 5.41) is 0. The van der Waals surface area contributed by atoms with E-state index in [1.807, 2.05) is 30.3 Å². The third-order valence-electron chi connectivity index (χ3n) is 4.79. The molecule has 3 aromatic carbocycles. The Hall–Kier alpha value is -3.28. The molecule has 3 rings (SSSR count). The number of sulfonamides is 1. The van der Waals surface area contributed by atoms with E-state index in [1.54, 1.807) is 25.1 Å². The van der Waals surface area contributed by atoms with Gasteiger partial charge in [0.1, 0.15) is 12.4 Å². The number of hydrogen-bond donors (Lipinski definition) is 0. The SMILES string of the molecule is COC(=O)c1cc(Br)cc(C)c1N(C)S(=O)(=O)c1ccc(OCC#Cc2ccccc2)cc1. The van der Waals surface area contributed by atoms with Crippen LogP contribution in [0, 0.1) is 18.8 Å². The summed E-state index contributed by atoms with van der Waals surface area (Å²) >= 11 is 3.34. The first-order chi connectivity index (χ1) is 15.7. The zero-order chi connectivity index (χ0) is 24.0. The number of esters is 1. The third kappa shape index (κ3) is 5.75. The van der Waals surface area contributed by atoms with E-state index in [4.69, 9.17) is 9.47 Å². The van der Waals surface area contributed by atoms with Crippen molar-refractivity contribution < 1.29 is 22.7 Å². The molecule has 0 N–H and O–H groups in total. The van der Waals surface area contributed by atoms with Crippen LogP contribution in [0.25, 0.3) is 0 Å². The molecule has 0 aliphatic carbocycles. The molecule has 0 aliphatic heterocycles. The number of ether oxygens (including phenoxy) is 2. The first kappa shape index (κ1) is 24.4. The molecule has 170 valence electrons. The molecule has 0 fully saturated rings. The molecule has 0 unspecified atom stereocenters. The highest BCUT2D eigenvalue weighted by Crippen LogP contribution is 2.33. The maximum atomic E-state index is 13.3. The van der Waals surface area contributed by atoms with E-state index in [0.717, 1.165) is 9.87 Å². The van der Waals surface area contributed by atoms with Crippen LogP contribution in [0.4, 0.5) is 5.69 Å². The molecule has 0 atom stereocenters. The molecule has 0 radical (unpaired) electrons. The molecule has 0 bridgehead atoms. The van der Waals surface area contributed by atoms with Crippen LogP contribution in [0.15, 0.2) is 76.1 Å². The van der Waals surface area contributed by atoms with Crippen LogP contribution in [0.2, 0.25) is 0 Å². The Kier molecular flexibility index (Phi) is 7.79. The Bertz CT molecular complexity index is 1310. The van der Waals surface area contributed by atoms with Crippen molar-refractivity contribution in [3.05, 3.63) is 87.9 Å². The van der Waals surface area contributed by atoms with Gasteiger partial charge in [0.15, 0.2) is 0 Å². The Balaban J connectivity index is 1.80. The number of aryl methyl sites for hydroxylation is 1. The fourth-order valence-electron chi connectivity index (χ4n) is 3.18. The highest BCUT2D eigenvalue weighted by atomic mass is 79.9. The lowest BCUT2D eigenvalue weighted by molar-refractivity contribution is 0.0601. The average molecular weight is 528 g/mol. The normalized spacial score (nSPS) is 10.7. The van der Waals surface area contributed by atoms with Gasteiger partial charge in [0.2, 0.25) is 0 Å². The second kappa shape index (κ2) is 10.6. The van der Waals surface area contributed by atoms with Crippen LogP contribution in [-0.4, -0.2) is 35.2 Å². The first-order valence-corrected chi connectivity index (χ1v) is 12.1. The Labute approximate surface area is 202 Å². The minimum absolute atomic E-state index is 0.0610. The Morgan fingerprint density at radius 1 is 1.06 bits per heavy atom. The summed E-state index contributed by atoms with van der Waals surface area (Å²) in [7, 11) is -1.29. The summed E-state index contributed by atoms with van der Waals surface area (Å²) in [4.78, 5) is 12.3. The molecular formula is C25H22BrNO5S. The summed E-state index contributed by atoms with van der Waals surface area (Å²) in [6, 6.07) is 18.9. The average Bonchev–Trinajstić information content (AvgIpc) is 2.81. The van der Waals surface area contributed by atoms with Crippen LogP contribution in [0.5, 0.6) is 5.75 Å². The molecular weight excluding hydrogens is 506 g/mol. The highest BCUT2D eigenvalue weighted by Gasteiger charge is 2.27. The number of methoxy groups -OCH3 is 1. The minimum Gasteiger partial charge on any atom is -0.481 e. The van der Waals surface area contributed by atoms with Gasteiger partial charge in [0, 0.05) is 17.1 Å². The van der Waals surface area contributed by atoms with Crippen molar-refractivity contribution in [2.24, 2.45) is 0 Å². The molecule has 0 heterocycles. The van der Waals surface area contributed by atoms with E-state index in [9.17, 15) is 13.2 Å². The number of carbonyl (C=O) groups is 1. The number of hydrogen-bond acceptors (Lipinski definition) is 5. The predicted molar refractivity (Wildman–Crippen MR) is 131 cm³/mol. The zero-order valence-electron chi connectivity index (χ0n) is 18.3. The van der Waals surface area contributed by atoms with E-state index in [0.29, 0.717) is 15.8 Å². The van der Waals surface area contributed by atoms with Crippen molar-refractivity contribution in [1.29, 1.82) is 0 Å². The van der Waals surface area contributed by atoms with E-state index < -0.39 is 16.0 Å². The summed E-state index contributed by atoms with van der Waals surface area (Å²) in [6.07, 6.45) is 0. The van der Waals surface area contributed by atoms with Crippen molar-refractivity contribution in [1.82, 2.24) is 0 Å². The number of nitrogens with zero attached hydrogens (tertiary/aromatic N) is 1. The van der Waals surface area contributed by atoms with Crippen LogP contribution in [0.1, 0.15) is 21.5 Å². The summed E-state index contributed by atoms with van der Waals surface area (Å²) in [5.41, 5.74) is 1.89. The third-order valence-corrected chi connectivity index (χ3v) is 7.01. The minimum atomic E-state index is -3.94. The molecule has 0 saturated heterocycles. The molecule has 0 amide bonds. The fraction of sp³-hybridized carbons (Fsp3) is 0.160. The van der Waals surface area contributed by atoms with Gasteiger partial charge in [0.05, 0.1) is 23.3 Å². The molecule has 0 aromatic heterocycles. The van der Waals surface area contributed by atoms with Gasteiger partial charge in [-0.25, -0.2) is 13.2 Å². The monoisotopic (exact) mass is 527 g/mol. The van der Waals surface area contributed by atoms with Gasteiger partial charge in [-0.1, -0.05) is 46.0 Å². The summed E-state index contributed by atoms with van der Waals surface area (Å²) in [6.45, 7) is 1.90. The van der Waals surface area contributed by atoms with Crippen molar-refractivity contribution in [2.45, 2.75) is 11.8 Å². The van der Waals surface area contributed by atoms with E-state index in [2.05, 4.69) is 27.8 Å². The standard InChI is InChI=1S/C25H22BrNO5S/c1-18-16-20(26)17-23(25(28)31-3)24(18)27(2)33(29,30)22-13-11-21(12-14-22)32-15-7-10-19-8-5-4-6-9-19/h4-6,8-9,11-14,16-17H,15H2,1-3H3. The predicted octanol–water partition coefficient (Wildman–Crippen LogP) is 4.80. The topological polar surface area (TPSA) is 72.9 Å². The lowest BCUT2D eigenvalue weighted by Crippen LogP contribution is -2.29. The van der Waals surface area contributed by atoms with Crippen molar-refractivity contribution in [3.8, 4) is 17.6 Å². The molecule has 6 nitrogen and oxygen atoms in total. The molecule has 0 spiro atoms. The van der Waals surface area contributed by atoms with Crippen LogP contribution < -0.4 is 9.04 Å². The van der Waals surface area contributed by atoms with Gasteiger partial charge >= 0.3 is 5.97 Å². The number of carbonyl (C=O) groups excluding carboxylic acids is 1. The fourth-order valence-corrected chi connectivity index (χ4v) is 5.04. The second-order valence-electron chi connectivity index (χ2n) is 7.01. The number of anilines is 1. The van der Waals surface area contributed by atoms with E-state index in [1.165, 1.54) is 32.4 Å². The molecule has 33 heavy (non-hydrogen) atoms. The summed E-state index contributed by atoms with van der Waals surface area (Å²) in [5.74, 6) is 5.78. The molecule has 0 aliphatic rings. The van der Waals surface area contributed by atoms with Gasteiger partial charge < -0.3 is 9.47 Å². The first-order valence-electron chi connectivity index (χ1n) is 9.88. The maximum absolute atomic E-state index is 13.3. The highest BCUT2D eigenvalue weighted by molar-refractivity contribution is 9.10. The zero-order valence-corrected chi connectivity index (χ0v) is 20.7. The Morgan fingerprint density at radius 2 is 1.73 bits per heavy atom. The van der Waals surface area contributed by atoms with Gasteiger partial charge in [0.25, 0.3) is 10.0 Å². The van der Waals surface area contributed by atoms with Crippen LogP contribution in [-0.2, 0) is 14.8 Å². The van der Waals surface area contributed by atoms with Gasteiger partial charge in [-0.3, -0.25) is 4.31 Å². The van der Waals surface area contributed by atoms with E-state index >= 15 is 0 Å². The Morgan fingerprint density at radius 3 is 2.36 bits per heavy atom. The van der Waals surface area contributed by atoms with Gasteiger partial charge in [-0.05, 0) is 61.0 Å². The molecule has 0 saturated carbocycles. The number of rotatable bonds is 6. The van der Waals surface area contributed by atoms with Crippen LogP contribution in [0.3, 0.4) is 0 Å². The second-order valence-corrected chi connectivity index (χ2v) is 9.90. The number of halogens is 1. The van der Waals surface area contributed by atoms with Crippen molar-refractivity contribution >= 4 is 37.6 Å². The van der Waals surface area contributed by atoms with E-state index in [-0.39, 0.29) is 22.8 Å². The maximum Gasteiger partial charge on any atom is 0.340 e. The lowest BCUT2D eigenvalue weighted by Gasteiger charge is -2.24.